The third-order valence-corrected chi connectivity index (χ3v) is 4.07. The molecule has 0 radical (unpaired) electrons. The van der Waals surface area contributed by atoms with Gasteiger partial charge in [0.2, 0.25) is 5.91 Å². The van der Waals surface area contributed by atoms with E-state index >= 15 is 0 Å². The second-order valence-electron chi connectivity index (χ2n) is 6.20. The number of amides is 1. The van der Waals surface area contributed by atoms with Crippen molar-refractivity contribution >= 4 is 5.91 Å². The molecule has 2 N–H and O–H groups in total. The number of nitrogens with zero attached hydrogens (tertiary/aromatic N) is 1. The van der Waals surface area contributed by atoms with Crippen LogP contribution < -0.4 is 15.2 Å². The summed E-state index contributed by atoms with van der Waals surface area (Å²) < 4.78 is 10.8. The molecule has 22 heavy (non-hydrogen) atoms. The van der Waals surface area contributed by atoms with Gasteiger partial charge in [-0.3, -0.25) is 4.79 Å². The summed E-state index contributed by atoms with van der Waals surface area (Å²) in [5.74, 6) is 2.02. The molecule has 0 aliphatic carbocycles. The summed E-state index contributed by atoms with van der Waals surface area (Å²) >= 11 is 0. The minimum atomic E-state index is -0.173. The number of nitrogens with two attached hydrogens (primary N) is 1. The Morgan fingerprint density at radius 1 is 1.32 bits per heavy atom. The van der Waals surface area contributed by atoms with Crippen molar-refractivity contribution in [2.24, 2.45) is 11.7 Å². The Balaban J connectivity index is 2.46. The third kappa shape index (κ3) is 3.35. The SMILES string of the molecule is COc1ccc(OC)c(C2C(N)CCC(=O)N2CC(C)C)c1. The van der Waals surface area contributed by atoms with Crippen LogP contribution in [0.1, 0.15) is 38.3 Å². The van der Waals surface area contributed by atoms with Crippen LogP contribution in [0.3, 0.4) is 0 Å². The van der Waals surface area contributed by atoms with Crippen molar-refractivity contribution < 1.29 is 14.3 Å². The van der Waals surface area contributed by atoms with E-state index in [9.17, 15) is 4.79 Å². The molecule has 5 nitrogen and oxygen atoms in total. The highest BCUT2D eigenvalue weighted by molar-refractivity contribution is 5.78. The number of piperidine rings is 1. The van der Waals surface area contributed by atoms with E-state index in [4.69, 9.17) is 15.2 Å². The van der Waals surface area contributed by atoms with Gasteiger partial charge in [-0.25, -0.2) is 0 Å². The summed E-state index contributed by atoms with van der Waals surface area (Å²) in [6, 6.07) is 5.37. The average Bonchev–Trinajstić information content (AvgIpc) is 2.50. The molecule has 1 fully saturated rings. The molecule has 0 spiro atoms. The van der Waals surface area contributed by atoms with E-state index in [1.54, 1.807) is 14.2 Å². The molecule has 1 aromatic carbocycles. The Morgan fingerprint density at radius 2 is 2.05 bits per heavy atom. The van der Waals surface area contributed by atoms with Crippen LogP contribution in [-0.2, 0) is 4.79 Å². The highest BCUT2D eigenvalue weighted by Crippen LogP contribution is 2.38. The predicted octanol–water partition coefficient (Wildman–Crippen LogP) is 2.35. The number of rotatable bonds is 5. The Bertz CT molecular complexity index is 531. The van der Waals surface area contributed by atoms with E-state index in [0.29, 0.717) is 25.3 Å². The second-order valence-corrected chi connectivity index (χ2v) is 6.20. The zero-order valence-electron chi connectivity index (χ0n) is 13.8. The van der Waals surface area contributed by atoms with E-state index in [1.807, 2.05) is 23.1 Å². The van der Waals surface area contributed by atoms with Crippen LogP contribution in [0.4, 0.5) is 0 Å². The summed E-state index contributed by atoms with van der Waals surface area (Å²) in [6.07, 6.45) is 1.20. The van der Waals surface area contributed by atoms with E-state index in [-0.39, 0.29) is 18.0 Å². The predicted molar refractivity (Wildman–Crippen MR) is 86.0 cm³/mol. The fourth-order valence-electron chi connectivity index (χ4n) is 3.06. The Hall–Kier alpha value is -1.75. The molecule has 2 atom stereocenters. The van der Waals surface area contributed by atoms with Crippen LogP contribution in [0.5, 0.6) is 11.5 Å². The molecular weight excluding hydrogens is 280 g/mol. The third-order valence-electron chi connectivity index (χ3n) is 4.07. The standard InChI is InChI=1S/C17H26N2O3/c1-11(2)10-19-16(20)8-6-14(18)17(19)13-9-12(21-3)5-7-15(13)22-4/h5,7,9,11,14,17H,6,8,10,18H2,1-4H3. The Labute approximate surface area is 132 Å². The molecule has 0 aromatic heterocycles. The fraction of sp³-hybridized carbons (Fsp3) is 0.588. The van der Waals surface area contributed by atoms with Gasteiger partial charge in [0.1, 0.15) is 11.5 Å². The van der Waals surface area contributed by atoms with E-state index < -0.39 is 0 Å². The number of hydrogen-bond acceptors (Lipinski definition) is 4. The van der Waals surface area contributed by atoms with Crippen molar-refractivity contribution in [2.75, 3.05) is 20.8 Å². The Morgan fingerprint density at radius 3 is 2.64 bits per heavy atom. The molecule has 0 saturated carbocycles. The zero-order valence-corrected chi connectivity index (χ0v) is 13.8. The van der Waals surface area contributed by atoms with Crippen molar-refractivity contribution in [2.45, 2.75) is 38.8 Å². The van der Waals surface area contributed by atoms with Gasteiger partial charge in [-0.1, -0.05) is 13.8 Å². The maximum atomic E-state index is 12.4. The second kappa shape index (κ2) is 7.01. The van der Waals surface area contributed by atoms with Crippen molar-refractivity contribution in [3.63, 3.8) is 0 Å². The number of ether oxygens (including phenoxy) is 2. The molecule has 122 valence electrons. The van der Waals surface area contributed by atoms with Gasteiger partial charge >= 0.3 is 0 Å². The lowest BCUT2D eigenvalue weighted by molar-refractivity contribution is -0.138. The number of methoxy groups -OCH3 is 2. The summed E-state index contributed by atoms with van der Waals surface area (Å²) in [6.45, 7) is 4.90. The van der Waals surface area contributed by atoms with Crippen LogP contribution in [0, 0.1) is 5.92 Å². The topological polar surface area (TPSA) is 64.8 Å². The van der Waals surface area contributed by atoms with Crippen LogP contribution in [0.25, 0.3) is 0 Å². The molecule has 2 unspecified atom stereocenters. The van der Waals surface area contributed by atoms with E-state index in [0.717, 1.165) is 17.1 Å². The summed E-state index contributed by atoms with van der Waals surface area (Å²) in [4.78, 5) is 14.3. The van der Waals surface area contributed by atoms with Gasteiger partial charge in [-0.05, 0) is 30.5 Å². The number of benzene rings is 1. The quantitative estimate of drug-likeness (QED) is 0.907. The minimum Gasteiger partial charge on any atom is -0.497 e. The van der Waals surface area contributed by atoms with Crippen molar-refractivity contribution in [3.05, 3.63) is 23.8 Å². The molecule has 1 aromatic rings. The van der Waals surface area contributed by atoms with E-state index in [1.165, 1.54) is 0 Å². The Kier molecular flexibility index (Phi) is 5.29. The van der Waals surface area contributed by atoms with Crippen molar-refractivity contribution in [3.8, 4) is 11.5 Å². The first-order valence-corrected chi connectivity index (χ1v) is 7.75. The van der Waals surface area contributed by atoms with Crippen LogP contribution in [0.2, 0.25) is 0 Å². The molecule has 1 saturated heterocycles. The van der Waals surface area contributed by atoms with Gasteiger partial charge in [-0.15, -0.1) is 0 Å². The normalized spacial score (nSPS) is 22.1. The minimum absolute atomic E-state index is 0.0996. The lowest BCUT2D eigenvalue weighted by atomic mass is 9.89. The fourth-order valence-corrected chi connectivity index (χ4v) is 3.06. The first-order valence-electron chi connectivity index (χ1n) is 7.75. The number of likely N-dealkylation sites (tertiary alicyclic amines) is 1. The lowest BCUT2D eigenvalue weighted by Crippen LogP contribution is -2.50. The molecule has 1 amide bonds. The highest BCUT2D eigenvalue weighted by Gasteiger charge is 2.36. The number of carbonyl (C=O) groups is 1. The number of hydrogen-bond donors (Lipinski definition) is 1. The van der Waals surface area contributed by atoms with Gasteiger partial charge < -0.3 is 20.1 Å². The molecule has 0 bridgehead atoms. The highest BCUT2D eigenvalue weighted by atomic mass is 16.5. The first kappa shape index (κ1) is 16.6. The smallest absolute Gasteiger partial charge is 0.223 e. The van der Waals surface area contributed by atoms with Crippen LogP contribution in [0.15, 0.2) is 18.2 Å². The van der Waals surface area contributed by atoms with Gasteiger partial charge in [0.05, 0.1) is 20.3 Å². The average molecular weight is 306 g/mol. The molecular formula is C17H26N2O3. The summed E-state index contributed by atoms with van der Waals surface area (Å²) in [7, 11) is 3.26. The number of carbonyl (C=O) groups excluding carboxylic acids is 1. The zero-order chi connectivity index (χ0) is 16.3. The summed E-state index contributed by atoms with van der Waals surface area (Å²) in [5.41, 5.74) is 7.28. The largest absolute Gasteiger partial charge is 0.497 e. The maximum Gasteiger partial charge on any atom is 0.223 e. The van der Waals surface area contributed by atoms with Gasteiger partial charge in [-0.2, -0.15) is 0 Å². The molecule has 1 aliphatic heterocycles. The van der Waals surface area contributed by atoms with Gasteiger partial charge in [0.15, 0.2) is 0 Å². The lowest BCUT2D eigenvalue weighted by Gasteiger charge is -2.41. The first-order chi connectivity index (χ1) is 10.5. The van der Waals surface area contributed by atoms with Crippen molar-refractivity contribution in [1.29, 1.82) is 0 Å². The van der Waals surface area contributed by atoms with Gasteiger partial charge in [0, 0.05) is 24.6 Å². The van der Waals surface area contributed by atoms with Crippen LogP contribution >= 0.6 is 0 Å². The molecule has 5 heteroatoms. The molecule has 1 aliphatic rings. The monoisotopic (exact) mass is 306 g/mol. The molecule has 2 rings (SSSR count). The van der Waals surface area contributed by atoms with Gasteiger partial charge in [0.25, 0.3) is 0 Å². The van der Waals surface area contributed by atoms with Crippen molar-refractivity contribution in [1.82, 2.24) is 4.90 Å². The van der Waals surface area contributed by atoms with E-state index in [2.05, 4.69) is 13.8 Å². The summed E-state index contributed by atoms with van der Waals surface area (Å²) in [5, 5.41) is 0. The van der Waals surface area contributed by atoms with Crippen LogP contribution in [-0.4, -0.2) is 37.6 Å². The molecule has 1 heterocycles. The maximum absolute atomic E-state index is 12.4.